The van der Waals surface area contributed by atoms with E-state index in [4.69, 9.17) is 0 Å². The average Bonchev–Trinajstić information content (AvgIpc) is 3.40. The quantitative estimate of drug-likeness (QED) is 0.439. The monoisotopic (exact) mass is 434 g/mol. The van der Waals surface area contributed by atoms with Crippen molar-refractivity contribution in [3.05, 3.63) is 76.2 Å². The number of H-pyrrole nitrogens is 1. The van der Waals surface area contributed by atoms with Crippen LogP contribution < -0.4 is 5.69 Å². The van der Waals surface area contributed by atoms with Crippen molar-refractivity contribution >= 4 is 0 Å². The minimum Gasteiger partial charge on any atom is -0.289 e. The van der Waals surface area contributed by atoms with E-state index in [0.29, 0.717) is 24.5 Å². The van der Waals surface area contributed by atoms with Crippen LogP contribution >= 0.6 is 0 Å². The molecule has 2 heterocycles. The molecule has 0 radical (unpaired) electrons. The van der Waals surface area contributed by atoms with E-state index in [9.17, 15) is 4.79 Å². The number of rotatable bonds is 8. The SMILES string of the molecule is CCCCc1c(F)n(C(C)C)c(=O)n1Cc1ccc(-c2ccccc2-c2nnn[nH]2)cc1. The van der Waals surface area contributed by atoms with Gasteiger partial charge >= 0.3 is 5.69 Å². The molecule has 7 nitrogen and oxygen atoms in total. The van der Waals surface area contributed by atoms with Crippen LogP contribution in [0.15, 0.2) is 53.3 Å². The van der Waals surface area contributed by atoms with Crippen LogP contribution in [0.4, 0.5) is 4.39 Å². The number of aromatic nitrogens is 6. The van der Waals surface area contributed by atoms with Crippen LogP contribution in [0.25, 0.3) is 22.5 Å². The number of unbranched alkanes of at least 4 members (excludes halogenated alkanes) is 1. The fraction of sp³-hybridized carbons (Fsp3) is 0.333. The molecule has 0 atom stereocenters. The predicted octanol–water partition coefficient (Wildman–Crippen LogP) is 4.61. The molecule has 166 valence electrons. The van der Waals surface area contributed by atoms with Gasteiger partial charge in [0.1, 0.15) is 0 Å². The average molecular weight is 435 g/mol. The smallest absolute Gasteiger partial charge is 0.289 e. The Morgan fingerprint density at radius 1 is 1.06 bits per heavy atom. The van der Waals surface area contributed by atoms with Gasteiger partial charge in [-0.1, -0.05) is 61.9 Å². The minimum atomic E-state index is -0.412. The number of benzene rings is 2. The molecule has 0 spiro atoms. The zero-order valence-corrected chi connectivity index (χ0v) is 18.5. The maximum Gasteiger partial charge on any atom is 0.331 e. The van der Waals surface area contributed by atoms with Gasteiger partial charge in [0, 0.05) is 11.6 Å². The van der Waals surface area contributed by atoms with E-state index in [1.165, 1.54) is 4.57 Å². The molecular formula is C24H27FN6O. The van der Waals surface area contributed by atoms with Crippen molar-refractivity contribution < 1.29 is 4.39 Å². The first-order chi connectivity index (χ1) is 15.5. The Bertz CT molecular complexity index is 1240. The molecule has 4 rings (SSSR count). The van der Waals surface area contributed by atoms with E-state index in [1.807, 2.05) is 62.4 Å². The Balaban J connectivity index is 1.66. The largest absolute Gasteiger partial charge is 0.331 e. The molecule has 0 aliphatic heterocycles. The molecule has 32 heavy (non-hydrogen) atoms. The third-order valence-corrected chi connectivity index (χ3v) is 5.63. The number of imidazole rings is 1. The zero-order chi connectivity index (χ0) is 22.7. The first kappa shape index (κ1) is 21.7. The molecule has 0 bridgehead atoms. The van der Waals surface area contributed by atoms with Crippen molar-refractivity contribution in [3.8, 4) is 22.5 Å². The summed E-state index contributed by atoms with van der Waals surface area (Å²) < 4.78 is 17.8. The van der Waals surface area contributed by atoms with Gasteiger partial charge in [-0.3, -0.25) is 9.13 Å². The summed E-state index contributed by atoms with van der Waals surface area (Å²) in [7, 11) is 0. The summed E-state index contributed by atoms with van der Waals surface area (Å²) in [6, 6.07) is 15.6. The molecule has 0 saturated heterocycles. The molecule has 0 aliphatic rings. The van der Waals surface area contributed by atoms with Gasteiger partial charge in [-0.2, -0.15) is 4.39 Å². The van der Waals surface area contributed by atoms with Crippen molar-refractivity contribution in [1.82, 2.24) is 29.8 Å². The number of tetrazole rings is 1. The van der Waals surface area contributed by atoms with Gasteiger partial charge in [-0.25, -0.2) is 9.89 Å². The highest BCUT2D eigenvalue weighted by Crippen LogP contribution is 2.30. The lowest BCUT2D eigenvalue weighted by atomic mass is 9.98. The van der Waals surface area contributed by atoms with Crippen molar-refractivity contribution in [1.29, 1.82) is 0 Å². The van der Waals surface area contributed by atoms with Gasteiger partial charge in [0.15, 0.2) is 5.82 Å². The maximum absolute atomic E-state index is 15.0. The van der Waals surface area contributed by atoms with Gasteiger partial charge in [0.25, 0.3) is 0 Å². The summed E-state index contributed by atoms with van der Waals surface area (Å²) in [5, 5.41) is 14.2. The summed E-state index contributed by atoms with van der Waals surface area (Å²) in [5.41, 5.74) is 4.03. The van der Waals surface area contributed by atoms with Crippen LogP contribution in [0.1, 0.15) is 50.9 Å². The normalized spacial score (nSPS) is 11.4. The van der Waals surface area contributed by atoms with Crippen molar-refractivity contribution in [3.63, 3.8) is 0 Å². The number of hydrogen-bond donors (Lipinski definition) is 1. The standard InChI is InChI=1S/C24H27FN6O/c1-4-5-10-21-22(25)31(16(2)3)24(32)30(21)15-17-11-13-18(14-12-17)19-8-6-7-9-20(19)23-26-28-29-27-23/h6-9,11-14,16H,4-5,10,15H2,1-3H3,(H,26,27,28,29). The number of halogens is 1. The van der Waals surface area contributed by atoms with E-state index < -0.39 is 5.95 Å². The lowest BCUT2D eigenvalue weighted by Gasteiger charge is -2.10. The van der Waals surface area contributed by atoms with Gasteiger partial charge < -0.3 is 0 Å². The molecule has 2 aromatic heterocycles. The number of hydrogen-bond acceptors (Lipinski definition) is 4. The molecule has 0 amide bonds. The highest BCUT2D eigenvalue weighted by atomic mass is 19.1. The number of nitrogens with one attached hydrogen (secondary N) is 1. The minimum absolute atomic E-state index is 0.228. The molecular weight excluding hydrogens is 407 g/mol. The molecule has 0 fully saturated rings. The van der Waals surface area contributed by atoms with Gasteiger partial charge in [-0.15, -0.1) is 5.10 Å². The highest BCUT2D eigenvalue weighted by Gasteiger charge is 2.21. The summed E-state index contributed by atoms with van der Waals surface area (Å²) in [6.07, 6.45) is 2.33. The Morgan fingerprint density at radius 2 is 1.78 bits per heavy atom. The molecule has 0 aliphatic carbocycles. The van der Waals surface area contributed by atoms with E-state index in [1.54, 1.807) is 4.57 Å². The van der Waals surface area contributed by atoms with Crippen LogP contribution in [0.5, 0.6) is 0 Å². The van der Waals surface area contributed by atoms with Crippen LogP contribution in [0.3, 0.4) is 0 Å². The van der Waals surface area contributed by atoms with E-state index in [-0.39, 0.29) is 11.7 Å². The van der Waals surface area contributed by atoms with E-state index in [2.05, 4.69) is 27.5 Å². The van der Waals surface area contributed by atoms with Crippen molar-refractivity contribution in [2.24, 2.45) is 0 Å². The van der Waals surface area contributed by atoms with Crippen LogP contribution in [-0.2, 0) is 13.0 Å². The third kappa shape index (κ3) is 4.12. The fourth-order valence-corrected chi connectivity index (χ4v) is 3.96. The summed E-state index contributed by atoms with van der Waals surface area (Å²) in [5.74, 6) is 0.187. The summed E-state index contributed by atoms with van der Waals surface area (Å²) >= 11 is 0. The first-order valence-corrected chi connectivity index (χ1v) is 10.9. The summed E-state index contributed by atoms with van der Waals surface area (Å²) in [6.45, 7) is 6.05. The number of aromatic amines is 1. The topological polar surface area (TPSA) is 81.4 Å². The summed E-state index contributed by atoms with van der Waals surface area (Å²) in [4.78, 5) is 12.9. The van der Waals surface area contributed by atoms with Gasteiger partial charge in [-0.05, 0) is 53.8 Å². The Labute approximate surface area is 185 Å². The second-order valence-corrected chi connectivity index (χ2v) is 8.17. The lowest BCUT2D eigenvalue weighted by Crippen LogP contribution is -2.27. The van der Waals surface area contributed by atoms with E-state index in [0.717, 1.165) is 35.1 Å². The molecule has 0 unspecified atom stereocenters. The van der Waals surface area contributed by atoms with Crippen molar-refractivity contribution in [2.75, 3.05) is 0 Å². The van der Waals surface area contributed by atoms with Crippen molar-refractivity contribution in [2.45, 2.75) is 52.6 Å². The first-order valence-electron chi connectivity index (χ1n) is 10.9. The molecule has 4 aromatic rings. The third-order valence-electron chi connectivity index (χ3n) is 5.63. The molecule has 8 heteroatoms. The highest BCUT2D eigenvalue weighted by molar-refractivity contribution is 5.80. The van der Waals surface area contributed by atoms with Gasteiger partial charge in [0.05, 0.1) is 12.2 Å². The molecule has 1 N–H and O–H groups in total. The lowest BCUT2D eigenvalue weighted by molar-refractivity contribution is 0.440. The second-order valence-electron chi connectivity index (χ2n) is 8.17. The Hall–Kier alpha value is -3.55. The maximum atomic E-state index is 15.0. The van der Waals surface area contributed by atoms with Gasteiger partial charge in [0.2, 0.25) is 5.95 Å². The van der Waals surface area contributed by atoms with Crippen LogP contribution in [0.2, 0.25) is 0 Å². The second kappa shape index (κ2) is 9.30. The van der Waals surface area contributed by atoms with E-state index >= 15 is 4.39 Å². The fourth-order valence-electron chi connectivity index (χ4n) is 3.96. The predicted molar refractivity (Wildman–Crippen MR) is 122 cm³/mol. The number of nitrogens with zero attached hydrogens (tertiary/aromatic N) is 5. The Morgan fingerprint density at radius 3 is 2.41 bits per heavy atom. The van der Waals surface area contributed by atoms with Crippen LogP contribution in [0, 0.1) is 5.95 Å². The molecule has 2 aromatic carbocycles. The Kier molecular flexibility index (Phi) is 6.30. The van der Waals surface area contributed by atoms with Crippen LogP contribution in [-0.4, -0.2) is 29.8 Å². The zero-order valence-electron chi connectivity index (χ0n) is 18.5. The molecule has 0 saturated carbocycles.